The second-order valence-corrected chi connectivity index (χ2v) is 4.57. The molecule has 0 spiro atoms. The van der Waals surface area contributed by atoms with Crippen LogP contribution in [0.4, 0.5) is 5.69 Å². The molecule has 0 aromatic heterocycles. The van der Waals surface area contributed by atoms with Crippen molar-refractivity contribution in [2.45, 2.75) is 20.8 Å². The zero-order valence-corrected chi connectivity index (χ0v) is 17.0. The third-order valence-corrected chi connectivity index (χ3v) is 2.83. The number of rotatable bonds is 8. The zero-order chi connectivity index (χ0) is 17.1. The van der Waals surface area contributed by atoms with Crippen LogP contribution in [-0.4, -0.2) is 45.2 Å². The minimum Gasteiger partial charge on any atom is -0.493 e. The molecule has 0 bridgehead atoms. The Morgan fingerprint density at radius 2 is 1.83 bits per heavy atom. The van der Waals surface area contributed by atoms with E-state index in [2.05, 4.69) is 20.9 Å². The molecule has 0 unspecified atom stereocenters. The van der Waals surface area contributed by atoms with Crippen LogP contribution in [0.2, 0.25) is 0 Å². The average molecular weight is 450 g/mol. The summed E-state index contributed by atoms with van der Waals surface area (Å²) in [5, 5.41) is 8.96. The van der Waals surface area contributed by atoms with Crippen LogP contribution in [-0.2, 0) is 4.79 Å². The number of carbonyl (C=O) groups is 1. The van der Waals surface area contributed by atoms with Crippen LogP contribution >= 0.6 is 24.0 Å². The molecule has 0 heterocycles. The van der Waals surface area contributed by atoms with Crippen molar-refractivity contribution in [3.63, 3.8) is 0 Å². The van der Waals surface area contributed by atoms with E-state index in [9.17, 15) is 4.79 Å². The van der Waals surface area contributed by atoms with Gasteiger partial charge in [0.2, 0.25) is 5.91 Å². The van der Waals surface area contributed by atoms with E-state index in [-0.39, 0.29) is 36.4 Å². The first kappa shape index (κ1) is 22.3. The molecule has 1 amide bonds. The van der Waals surface area contributed by atoms with Crippen LogP contribution in [0.5, 0.6) is 11.5 Å². The molecule has 8 heteroatoms. The van der Waals surface area contributed by atoms with Gasteiger partial charge >= 0.3 is 0 Å². The normalized spacial score (nSPS) is 10.4. The van der Waals surface area contributed by atoms with Crippen LogP contribution in [0.1, 0.15) is 20.8 Å². The number of methoxy groups -OCH3 is 1. The van der Waals surface area contributed by atoms with E-state index in [1.807, 2.05) is 39.0 Å². The molecule has 1 rings (SSSR count). The Hall–Kier alpha value is -1.71. The number of anilines is 1. The number of benzene rings is 1. The highest BCUT2D eigenvalue weighted by atomic mass is 127. The fourth-order valence-corrected chi connectivity index (χ4v) is 1.87. The van der Waals surface area contributed by atoms with Gasteiger partial charge in [0.15, 0.2) is 17.5 Å². The number of carbonyl (C=O) groups excluding carboxylic acids is 1. The highest BCUT2D eigenvalue weighted by molar-refractivity contribution is 14.0. The van der Waals surface area contributed by atoms with Crippen molar-refractivity contribution in [2.75, 3.05) is 38.7 Å². The quantitative estimate of drug-likeness (QED) is 0.322. The molecule has 3 N–H and O–H groups in total. The van der Waals surface area contributed by atoms with Crippen LogP contribution < -0.4 is 25.4 Å². The summed E-state index contributed by atoms with van der Waals surface area (Å²) in [6, 6.07) is 5.52. The fraction of sp³-hybridized carbons (Fsp3) is 0.500. The van der Waals surface area contributed by atoms with E-state index >= 15 is 0 Å². The number of likely N-dealkylation sites (N-methyl/N-ethyl adjacent to an activating group) is 1. The maximum Gasteiger partial charge on any atom is 0.241 e. The average Bonchev–Trinajstić information content (AvgIpc) is 2.54. The standard InChI is InChI=1S/C16H26N4O3.HI/c1-5-17-15(21)11-19-16(18-6-2)20-12-8-9-13(22-4)14(10-12)23-7-3;/h8-10H,5-7,11H2,1-4H3,(H,17,21)(H2,18,19,20);1H. The summed E-state index contributed by atoms with van der Waals surface area (Å²) in [6.45, 7) is 7.64. The number of halogens is 1. The summed E-state index contributed by atoms with van der Waals surface area (Å²) < 4.78 is 10.8. The van der Waals surface area contributed by atoms with E-state index in [1.165, 1.54) is 0 Å². The summed E-state index contributed by atoms with van der Waals surface area (Å²) in [7, 11) is 1.60. The van der Waals surface area contributed by atoms with Crippen LogP contribution in [0, 0.1) is 0 Å². The molecule has 0 atom stereocenters. The van der Waals surface area contributed by atoms with E-state index in [1.54, 1.807) is 7.11 Å². The monoisotopic (exact) mass is 450 g/mol. The Kier molecular flexibility index (Phi) is 11.8. The van der Waals surface area contributed by atoms with Gasteiger partial charge < -0.3 is 25.4 Å². The number of nitrogens with zero attached hydrogens (tertiary/aromatic N) is 1. The maximum absolute atomic E-state index is 11.5. The Labute approximate surface area is 160 Å². The van der Waals surface area contributed by atoms with E-state index in [0.29, 0.717) is 37.2 Å². The van der Waals surface area contributed by atoms with E-state index in [4.69, 9.17) is 9.47 Å². The molecule has 0 aliphatic carbocycles. The fourth-order valence-electron chi connectivity index (χ4n) is 1.87. The Morgan fingerprint density at radius 3 is 2.42 bits per heavy atom. The Balaban J connectivity index is 0.00000529. The summed E-state index contributed by atoms with van der Waals surface area (Å²) in [5.74, 6) is 1.74. The molecule has 0 radical (unpaired) electrons. The lowest BCUT2D eigenvalue weighted by molar-refractivity contribution is -0.119. The number of hydrogen-bond acceptors (Lipinski definition) is 4. The minimum absolute atomic E-state index is 0. The van der Waals surface area contributed by atoms with Crippen molar-refractivity contribution < 1.29 is 14.3 Å². The first-order valence-corrected chi connectivity index (χ1v) is 7.77. The molecule has 24 heavy (non-hydrogen) atoms. The van der Waals surface area contributed by atoms with Crippen molar-refractivity contribution in [1.29, 1.82) is 0 Å². The number of ether oxygens (including phenoxy) is 2. The number of nitrogens with one attached hydrogen (secondary N) is 3. The predicted molar refractivity (Wildman–Crippen MR) is 108 cm³/mol. The van der Waals surface area contributed by atoms with Gasteiger partial charge in [-0.05, 0) is 32.9 Å². The second-order valence-electron chi connectivity index (χ2n) is 4.57. The van der Waals surface area contributed by atoms with Crippen LogP contribution in [0.25, 0.3) is 0 Å². The smallest absolute Gasteiger partial charge is 0.241 e. The molecular weight excluding hydrogens is 423 g/mol. The Morgan fingerprint density at radius 1 is 1.12 bits per heavy atom. The first-order chi connectivity index (χ1) is 11.1. The summed E-state index contributed by atoms with van der Waals surface area (Å²) >= 11 is 0. The van der Waals surface area contributed by atoms with Gasteiger partial charge in [0.25, 0.3) is 0 Å². The van der Waals surface area contributed by atoms with Crippen LogP contribution in [0.3, 0.4) is 0 Å². The molecule has 1 aromatic carbocycles. The minimum atomic E-state index is -0.116. The molecular formula is C16H27IN4O3. The Bertz CT molecular complexity index is 538. The zero-order valence-electron chi connectivity index (χ0n) is 14.6. The van der Waals surface area contributed by atoms with Crippen molar-refractivity contribution in [1.82, 2.24) is 10.6 Å². The number of hydrogen-bond donors (Lipinski definition) is 3. The lowest BCUT2D eigenvalue weighted by atomic mass is 10.2. The number of amides is 1. The largest absolute Gasteiger partial charge is 0.493 e. The number of aliphatic imine (C=N–C) groups is 1. The molecule has 0 saturated heterocycles. The summed E-state index contributed by atoms with van der Waals surface area (Å²) in [6.07, 6.45) is 0. The van der Waals surface area contributed by atoms with Gasteiger partial charge in [-0.15, -0.1) is 24.0 Å². The van der Waals surface area contributed by atoms with E-state index < -0.39 is 0 Å². The van der Waals surface area contributed by atoms with Gasteiger partial charge in [0, 0.05) is 24.8 Å². The first-order valence-electron chi connectivity index (χ1n) is 7.77. The molecule has 136 valence electrons. The van der Waals surface area contributed by atoms with Gasteiger partial charge in [0.05, 0.1) is 13.7 Å². The lowest BCUT2D eigenvalue weighted by Gasteiger charge is -2.14. The number of guanidine groups is 1. The van der Waals surface area contributed by atoms with Crippen molar-refractivity contribution >= 4 is 41.5 Å². The SMILES string of the molecule is CCNC(=O)CN=C(NCC)Nc1ccc(OC)c(OCC)c1.I. The van der Waals surface area contributed by atoms with Gasteiger partial charge in [-0.2, -0.15) is 0 Å². The molecule has 1 aromatic rings. The maximum atomic E-state index is 11.5. The van der Waals surface area contributed by atoms with E-state index in [0.717, 1.165) is 5.69 Å². The molecule has 0 fully saturated rings. The lowest BCUT2D eigenvalue weighted by Crippen LogP contribution is -2.33. The van der Waals surface area contributed by atoms with Crippen molar-refractivity contribution in [3.8, 4) is 11.5 Å². The second kappa shape index (κ2) is 12.7. The predicted octanol–water partition coefficient (Wildman–Crippen LogP) is 2.23. The topological polar surface area (TPSA) is 84.0 Å². The van der Waals surface area contributed by atoms with Gasteiger partial charge in [-0.25, -0.2) is 4.99 Å². The molecule has 7 nitrogen and oxygen atoms in total. The van der Waals surface area contributed by atoms with Crippen LogP contribution in [0.15, 0.2) is 23.2 Å². The highest BCUT2D eigenvalue weighted by Crippen LogP contribution is 2.30. The molecule has 0 saturated carbocycles. The highest BCUT2D eigenvalue weighted by Gasteiger charge is 2.07. The van der Waals surface area contributed by atoms with Gasteiger partial charge in [-0.1, -0.05) is 0 Å². The van der Waals surface area contributed by atoms with Crippen molar-refractivity contribution in [3.05, 3.63) is 18.2 Å². The van der Waals surface area contributed by atoms with Gasteiger partial charge in [0.1, 0.15) is 6.54 Å². The third-order valence-electron chi connectivity index (χ3n) is 2.83. The molecule has 0 aliphatic heterocycles. The summed E-state index contributed by atoms with van der Waals surface area (Å²) in [5.41, 5.74) is 0.796. The summed E-state index contributed by atoms with van der Waals surface area (Å²) in [4.78, 5) is 15.8. The van der Waals surface area contributed by atoms with Gasteiger partial charge in [-0.3, -0.25) is 4.79 Å². The third kappa shape index (κ3) is 7.71. The molecule has 0 aliphatic rings. The van der Waals surface area contributed by atoms with Crippen molar-refractivity contribution in [2.24, 2.45) is 4.99 Å².